The number of aromatic nitrogens is 1. The average molecular weight is 431 g/mol. The van der Waals surface area contributed by atoms with Gasteiger partial charge in [0, 0.05) is 30.1 Å². The van der Waals surface area contributed by atoms with E-state index in [1.165, 1.54) is 35.8 Å². The van der Waals surface area contributed by atoms with Gasteiger partial charge in [0.05, 0.1) is 29.1 Å². The van der Waals surface area contributed by atoms with E-state index in [1.807, 2.05) is 0 Å². The number of fused-ring (bicyclic) bond motifs is 1. The molecule has 0 fully saturated rings. The van der Waals surface area contributed by atoms with E-state index in [1.54, 1.807) is 12.3 Å². The summed E-state index contributed by atoms with van der Waals surface area (Å²) in [6.07, 6.45) is -3.67. The van der Waals surface area contributed by atoms with E-state index >= 15 is 0 Å². The van der Waals surface area contributed by atoms with Crippen molar-refractivity contribution < 1.29 is 28.0 Å². The van der Waals surface area contributed by atoms with Gasteiger partial charge in [-0.25, -0.2) is 4.85 Å². The molecule has 10 heteroatoms. The number of ketones is 1. The summed E-state index contributed by atoms with van der Waals surface area (Å²) < 4.78 is 40.9. The molecule has 7 nitrogen and oxygen atoms in total. The molecule has 3 rings (SSSR count). The standard InChI is InChI=1S/C21H16F3N3O4/c1-20(29,12-26-8-7-14-4-5-15(27(30)31)11-18(14)26)19(28)10-13-3-6-17(25-2)16(9-13)21(22,23)24/h3-9,11,29H,10,12H2,1H3/t20-/m0/s1. The highest BCUT2D eigenvalue weighted by Gasteiger charge is 2.35. The van der Waals surface area contributed by atoms with Crippen LogP contribution in [0.4, 0.5) is 24.5 Å². The fraction of sp³-hybridized carbons (Fsp3) is 0.238. The molecule has 31 heavy (non-hydrogen) atoms. The highest BCUT2D eigenvalue weighted by atomic mass is 19.4. The number of Topliss-reactive ketones (excluding diaryl/α,β-unsaturated/α-hetero) is 1. The number of halogens is 3. The van der Waals surface area contributed by atoms with E-state index in [9.17, 15) is 33.2 Å². The zero-order valence-electron chi connectivity index (χ0n) is 16.2. The van der Waals surface area contributed by atoms with Gasteiger partial charge in [0.25, 0.3) is 5.69 Å². The quantitative estimate of drug-likeness (QED) is 0.349. The molecule has 0 saturated heterocycles. The van der Waals surface area contributed by atoms with Crippen molar-refractivity contribution in [3.8, 4) is 0 Å². The topological polar surface area (TPSA) is 89.7 Å². The molecule has 0 radical (unpaired) electrons. The van der Waals surface area contributed by atoms with Gasteiger partial charge in [0.15, 0.2) is 11.5 Å². The molecule has 1 heterocycles. The highest BCUT2D eigenvalue weighted by Crippen LogP contribution is 2.37. The minimum Gasteiger partial charge on any atom is -0.380 e. The van der Waals surface area contributed by atoms with Gasteiger partial charge in [-0.2, -0.15) is 13.2 Å². The minimum absolute atomic E-state index is 0.0120. The van der Waals surface area contributed by atoms with E-state index in [0.717, 1.165) is 12.1 Å². The van der Waals surface area contributed by atoms with Crippen LogP contribution in [0.25, 0.3) is 15.7 Å². The Kier molecular flexibility index (Phi) is 5.57. The van der Waals surface area contributed by atoms with Crippen LogP contribution in [-0.2, 0) is 23.9 Å². The summed E-state index contributed by atoms with van der Waals surface area (Å²) in [4.78, 5) is 26.0. The number of alkyl halides is 3. The maximum Gasteiger partial charge on any atom is 0.407 e. The molecule has 0 saturated carbocycles. The fourth-order valence-electron chi connectivity index (χ4n) is 3.24. The maximum atomic E-state index is 13.1. The first kappa shape index (κ1) is 22.0. The first-order chi connectivity index (χ1) is 14.4. The smallest absolute Gasteiger partial charge is 0.380 e. The summed E-state index contributed by atoms with van der Waals surface area (Å²) in [5, 5.41) is 22.4. The molecule has 1 aromatic heterocycles. The lowest BCUT2D eigenvalue weighted by Crippen LogP contribution is -2.40. The van der Waals surface area contributed by atoms with Gasteiger partial charge in [-0.3, -0.25) is 14.9 Å². The van der Waals surface area contributed by atoms with Crippen molar-refractivity contribution in [3.05, 3.63) is 81.3 Å². The first-order valence-corrected chi connectivity index (χ1v) is 8.99. The molecular weight excluding hydrogens is 415 g/mol. The lowest BCUT2D eigenvalue weighted by molar-refractivity contribution is -0.384. The van der Waals surface area contributed by atoms with E-state index < -0.39 is 40.2 Å². The third-order valence-corrected chi connectivity index (χ3v) is 4.90. The van der Waals surface area contributed by atoms with Crippen LogP contribution in [0.15, 0.2) is 48.7 Å². The number of aliphatic hydroxyl groups is 1. The number of carbonyl (C=O) groups excluding carboxylic acids is 1. The zero-order valence-corrected chi connectivity index (χ0v) is 16.2. The van der Waals surface area contributed by atoms with Gasteiger partial charge in [0.2, 0.25) is 0 Å². The van der Waals surface area contributed by atoms with Crippen LogP contribution >= 0.6 is 0 Å². The van der Waals surface area contributed by atoms with Crippen molar-refractivity contribution in [3.63, 3.8) is 0 Å². The molecule has 1 N–H and O–H groups in total. The van der Waals surface area contributed by atoms with Crippen LogP contribution in [0.1, 0.15) is 18.1 Å². The molecule has 1 atom stereocenters. The van der Waals surface area contributed by atoms with E-state index in [-0.39, 0.29) is 17.8 Å². The van der Waals surface area contributed by atoms with Crippen LogP contribution in [-0.4, -0.2) is 26.0 Å². The minimum atomic E-state index is -4.75. The second kappa shape index (κ2) is 7.85. The summed E-state index contributed by atoms with van der Waals surface area (Å²) in [5.41, 5.74) is -3.38. The zero-order chi connectivity index (χ0) is 23.0. The van der Waals surface area contributed by atoms with Gasteiger partial charge in [-0.15, -0.1) is 0 Å². The molecule has 0 spiro atoms. The van der Waals surface area contributed by atoms with Crippen molar-refractivity contribution in [1.82, 2.24) is 4.57 Å². The maximum absolute atomic E-state index is 13.1. The highest BCUT2D eigenvalue weighted by molar-refractivity contribution is 5.89. The number of nitro groups is 1. The molecule has 160 valence electrons. The number of hydrogen-bond donors (Lipinski definition) is 1. The van der Waals surface area contributed by atoms with Crippen molar-refractivity contribution >= 4 is 28.1 Å². The van der Waals surface area contributed by atoms with Gasteiger partial charge in [-0.05, 0) is 24.6 Å². The number of nitro benzene ring substituents is 1. The van der Waals surface area contributed by atoms with E-state index in [0.29, 0.717) is 10.9 Å². The van der Waals surface area contributed by atoms with Crippen molar-refractivity contribution in [2.45, 2.75) is 31.7 Å². The Morgan fingerprint density at radius 1 is 1.23 bits per heavy atom. The molecule has 0 amide bonds. The van der Waals surface area contributed by atoms with Crippen LogP contribution in [0.2, 0.25) is 0 Å². The van der Waals surface area contributed by atoms with Crippen LogP contribution in [0.5, 0.6) is 0 Å². The van der Waals surface area contributed by atoms with Crippen LogP contribution < -0.4 is 0 Å². The Bertz CT molecular complexity index is 1220. The number of rotatable bonds is 6. The Hall–Kier alpha value is -3.71. The Labute approximate surface area is 174 Å². The largest absolute Gasteiger partial charge is 0.407 e. The molecule has 3 aromatic rings. The number of hydrogen-bond acceptors (Lipinski definition) is 4. The van der Waals surface area contributed by atoms with Gasteiger partial charge in [0.1, 0.15) is 5.60 Å². The summed E-state index contributed by atoms with van der Waals surface area (Å²) in [6.45, 7) is 7.85. The van der Waals surface area contributed by atoms with E-state index in [4.69, 9.17) is 6.57 Å². The fourth-order valence-corrected chi connectivity index (χ4v) is 3.24. The average Bonchev–Trinajstić information content (AvgIpc) is 3.08. The summed E-state index contributed by atoms with van der Waals surface area (Å²) in [7, 11) is 0. The third kappa shape index (κ3) is 4.57. The summed E-state index contributed by atoms with van der Waals surface area (Å²) >= 11 is 0. The predicted octanol–water partition coefficient (Wildman–Crippen LogP) is 4.68. The Morgan fingerprint density at radius 3 is 2.55 bits per heavy atom. The lowest BCUT2D eigenvalue weighted by Gasteiger charge is -2.23. The number of non-ortho nitro benzene ring substituents is 1. The number of carbonyl (C=O) groups is 1. The molecule has 0 aliphatic heterocycles. The van der Waals surface area contributed by atoms with Gasteiger partial charge in [-0.1, -0.05) is 18.2 Å². The van der Waals surface area contributed by atoms with Crippen molar-refractivity contribution in [2.24, 2.45) is 0 Å². The van der Waals surface area contributed by atoms with Crippen LogP contribution in [0.3, 0.4) is 0 Å². The second-order valence-electron chi connectivity index (χ2n) is 7.28. The van der Waals surface area contributed by atoms with Gasteiger partial charge >= 0.3 is 6.18 Å². The number of nitrogens with zero attached hydrogens (tertiary/aromatic N) is 3. The van der Waals surface area contributed by atoms with Crippen molar-refractivity contribution in [2.75, 3.05) is 0 Å². The normalized spacial score (nSPS) is 13.5. The van der Waals surface area contributed by atoms with Crippen molar-refractivity contribution in [1.29, 1.82) is 0 Å². The Balaban J connectivity index is 1.86. The molecular formula is C21H16F3N3O4. The Morgan fingerprint density at radius 2 is 1.94 bits per heavy atom. The molecule has 0 aliphatic carbocycles. The summed E-state index contributed by atoms with van der Waals surface area (Å²) in [6, 6.07) is 8.82. The van der Waals surface area contributed by atoms with E-state index in [2.05, 4.69) is 4.85 Å². The van der Waals surface area contributed by atoms with Crippen LogP contribution in [0, 0.1) is 16.7 Å². The number of benzene rings is 2. The first-order valence-electron chi connectivity index (χ1n) is 8.99. The molecule has 2 aromatic carbocycles. The molecule has 0 unspecified atom stereocenters. The second-order valence-corrected chi connectivity index (χ2v) is 7.28. The molecule has 0 bridgehead atoms. The third-order valence-electron chi connectivity index (χ3n) is 4.90. The lowest BCUT2D eigenvalue weighted by atomic mass is 9.94. The molecule has 0 aliphatic rings. The predicted molar refractivity (Wildman–Crippen MR) is 106 cm³/mol. The monoisotopic (exact) mass is 431 g/mol. The summed E-state index contributed by atoms with van der Waals surface area (Å²) in [5.74, 6) is -0.733. The van der Waals surface area contributed by atoms with Gasteiger partial charge < -0.3 is 9.67 Å². The SMILES string of the molecule is [C-]#[N+]c1ccc(CC(=O)[C@@](C)(O)Cn2ccc3ccc([N+](=O)[O-])cc32)cc1C(F)(F)F.